The first-order valence-electron chi connectivity index (χ1n) is 7.64. The minimum Gasteiger partial charge on any atom is -0.497 e. The first-order chi connectivity index (χ1) is 11.4. The summed E-state index contributed by atoms with van der Waals surface area (Å²) in [6.45, 7) is 5.44. The maximum absolute atomic E-state index is 12.3. The monoisotopic (exact) mass is 327 g/mol. The molecule has 2 rings (SSSR count). The summed E-state index contributed by atoms with van der Waals surface area (Å²) >= 11 is 0. The number of anilines is 1. The number of carbonyl (C=O) groups is 2. The van der Waals surface area contributed by atoms with E-state index < -0.39 is 12.1 Å². The van der Waals surface area contributed by atoms with Crippen molar-refractivity contribution in [2.45, 2.75) is 26.9 Å². The molecule has 0 heterocycles. The van der Waals surface area contributed by atoms with Crippen molar-refractivity contribution in [2.24, 2.45) is 0 Å². The summed E-state index contributed by atoms with van der Waals surface area (Å²) in [5.41, 5.74) is 3.11. The molecule has 0 unspecified atom stereocenters. The molecular weight excluding hydrogens is 306 g/mol. The summed E-state index contributed by atoms with van der Waals surface area (Å²) in [5, 5.41) is 2.79. The fraction of sp³-hybridized carbons (Fsp3) is 0.263. The Morgan fingerprint density at radius 3 is 2.50 bits per heavy atom. The molecular formula is C19H21NO4. The number of carbonyl (C=O) groups excluding carboxylic acids is 2. The second-order valence-corrected chi connectivity index (χ2v) is 5.52. The Morgan fingerprint density at radius 2 is 1.79 bits per heavy atom. The van der Waals surface area contributed by atoms with Crippen molar-refractivity contribution in [3.05, 3.63) is 59.2 Å². The molecule has 24 heavy (non-hydrogen) atoms. The number of methoxy groups -OCH3 is 1. The largest absolute Gasteiger partial charge is 0.497 e. The van der Waals surface area contributed by atoms with Crippen LogP contribution in [-0.4, -0.2) is 25.1 Å². The minimum absolute atomic E-state index is 0.334. The van der Waals surface area contributed by atoms with Gasteiger partial charge in [0, 0.05) is 5.69 Å². The Morgan fingerprint density at radius 1 is 1.08 bits per heavy atom. The van der Waals surface area contributed by atoms with Gasteiger partial charge in [-0.1, -0.05) is 18.2 Å². The number of hydrogen-bond acceptors (Lipinski definition) is 4. The average Bonchev–Trinajstić information content (AvgIpc) is 2.58. The Balaban J connectivity index is 2.03. The SMILES string of the molecule is COc1cccc(C(=O)O[C@H](C)C(=O)Nc2cccc(C)c2C)c1. The second kappa shape index (κ2) is 7.64. The summed E-state index contributed by atoms with van der Waals surface area (Å²) in [4.78, 5) is 24.4. The van der Waals surface area contributed by atoms with E-state index in [2.05, 4.69) is 5.32 Å². The molecule has 2 aromatic rings. The number of amides is 1. The molecule has 0 saturated heterocycles. The van der Waals surface area contributed by atoms with Crippen molar-refractivity contribution >= 4 is 17.6 Å². The van der Waals surface area contributed by atoms with Crippen LogP contribution in [-0.2, 0) is 9.53 Å². The maximum Gasteiger partial charge on any atom is 0.339 e. The van der Waals surface area contributed by atoms with Crippen LogP contribution in [0.25, 0.3) is 0 Å². The highest BCUT2D eigenvalue weighted by molar-refractivity contribution is 5.97. The molecule has 1 N–H and O–H groups in total. The molecule has 0 aliphatic rings. The lowest BCUT2D eigenvalue weighted by Crippen LogP contribution is -2.30. The van der Waals surface area contributed by atoms with Crippen LogP contribution < -0.4 is 10.1 Å². The fourth-order valence-corrected chi connectivity index (χ4v) is 2.15. The zero-order chi connectivity index (χ0) is 17.7. The summed E-state index contributed by atoms with van der Waals surface area (Å²) < 4.78 is 10.3. The molecule has 1 atom stereocenters. The highest BCUT2D eigenvalue weighted by Crippen LogP contribution is 2.19. The fourth-order valence-electron chi connectivity index (χ4n) is 2.15. The summed E-state index contributed by atoms with van der Waals surface area (Å²) in [7, 11) is 1.52. The van der Waals surface area contributed by atoms with Gasteiger partial charge in [-0.25, -0.2) is 4.79 Å². The molecule has 0 fully saturated rings. The van der Waals surface area contributed by atoms with Crippen molar-refractivity contribution in [1.29, 1.82) is 0 Å². The van der Waals surface area contributed by atoms with Gasteiger partial charge < -0.3 is 14.8 Å². The van der Waals surface area contributed by atoms with Crippen LogP contribution in [0, 0.1) is 13.8 Å². The van der Waals surface area contributed by atoms with Crippen molar-refractivity contribution in [3.8, 4) is 5.75 Å². The summed E-state index contributed by atoms with van der Waals surface area (Å²) in [6, 6.07) is 12.3. The predicted octanol–water partition coefficient (Wildman–Crippen LogP) is 3.50. The summed E-state index contributed by atoms with van der Waals surface area (Å²) in [6.07, 6.45) is -0.913. The van der Waals surface area contributed by atoms with Crippen LogP contribution in [0.5, 0.6) is 5.75 Å². The molecule has 0 saturated carbocycles. The molecule has 0 aromatic heterocycles. The zero-order valence-corrected chi connectivity index (χ0v) is 14.3. The molecule has 5 nitrogen and oxygen atoms in total. The van der Waals surface area contributed by atoms with E-state index in [1.165, 1.54) is 7.11 Å². The van der Waals surface area contributed by atoms with E-state index in [0.29, 0.717) is 17.0 Å². The quantitative estimate of drug-likeness (QED) is 0.854. The van der Waals surface area contributed by atoms with E-state index in [1.54, 1.807) is 31.2 Å². The number of hydrogen-bond donors (Lipinski definition) is 1. The third kappa shape index (κ3) is 4.13. The van der Waals surface area contributed by atoms with Gasteiger partial charge in [-0.15, -0.1) is 0 Å². The van der Waals surface area contributed by atoms with Crippen LogP contribution >= 0.6 is 0 Å². The number of aryl methyl sites for hydroxylation is 1. The lowest BCUT2D eigenvalue weighted by Gasteiger charge is -2.15. The molecule has 1 amide bonds. The molecule has 126 valence electrons. The first-order valence-corrected chi connectivity index (χ1v) is 7.64. The number of ether oxygens (including phenoxy) is 2. The van der Waals surface area contributed by atoms with Gasteiger partial charge in [0.1, 0.15) is 5.75 Å². The average molecular weight is 327 g/mol. The Hall–Kier alpha value is -2.82. The lowest BCUT2D eigenvalue weighted by atomic mass is 10.1. The van der Waals surface area contributed by atoms with E-state index in [4.69, 9.17) is 9.47 Å². The maximum atomic E-state index is 12.3. The van der Waals surface area contributed by atoms with Crippen molar-refractivity contribution in [2.75, 3.05) is 12.4 Å². The van der Waals surface area contributed by atoms with E-state index >= 15 is 0 Å². The molecule has 0 aliphatic carbocycles. The lowest BCUT2D eigenvalue weighted by molar-refractivity contribution is -0.123. The van der Waals surface area contributed by atoms with Gasteiger partial charge in [-0.05, 0) is 56.2 Å². The smallest absolute Gasteiger partial charge is 0.339 e. The zero-order valence-electron chi connectivity index (χ0n) is 14.3. The second-order valence-electron chi connectivity index (χ2n) is 5.52. The van der Waals surface area contributed by atoms with Gasteiger partial charge in [-0.3, -0.25) is 4.79 Å². The van der Waals surface area contributed by atoms with Gasteiger partial charge in [0.05, 0.1) is 12.7 Å². The third-order valence-electron chi connectivity index (χ3n) is 3.82. The van der Waals surface area contributed by atoms with E-state index in [0.717, 1.165) is 11.1 Å². The number of esters is 1. The number of benzene rings is 2. The van der Waals surface area contributed by atoms with Crippen molar-refractivity contribution < 1.29 is 19.1 Å². The molecule has 0 bridgehead atoms. The molecule has 0 aliphatic heterocycles. The Bertz CT molecular complexity index is 755. The van der Waals surface area contributed by atoms with Gasteiger partial charge in [0.25, 0.3) is 5.91 Å². The van der Waals surface area contributed by atoms with Gasteiger partial charge in [0.15, 0.2) is 6.10 Å². The van der Waals surface area contributed by atoms with Crippen LogP contribution in [0.15, 0.2) is 42.5 Å². The highest BCUT2D eigenvalue weighted by atomic mass is 16.5. The molecule has 0 spiro atoms. The van der Waals surface area contributed by atoms with E-state index in [9.17, 15) is 9.59 Å². The van der Waals surface area contributed by atoms with Crippen LogP contribution in [0.2, 0.25) is 0 Å². The molecule has 5 heteroatoms. The predicted molar refractivity (Wildman–Crippen MR) is 92.4 cm³/mol. The normalized spacial score (nSPS) is 11.5. The number of nitrogens with one attached hydrogen (secondary N) is 1. The van der Waals surface area contributed by atoms with Gasteiger partial charge in [-0.2, -0.15) is 0 Å². The topological polar surface area (TPSA) is 64.6 Å². The van der Waals surface area contributed by atoms with Gasteiger partial charge >= 0.3 is 5.97 Å². The van der Waals surface area contributed by atoms with Gasteiger partial charge in [0.2, 0.25) is 0 Å². The van der Waals surface area contributed by atoms with Crippen LogP contribution in [0.1, 0.15) is 28.4 Å². The van der Waals surface area contributed by atoms with E-state index in [-0.39, 0.29) is 5.91 Å². The van der Waals surface area contributed by atoms with Crippen molar-refractivity contribution in [1.82, 2.24) is 0 Å². The third-order valence-corrected chi connectivity index (χ3v) is 3.82. The standard InChI is InChI=1S/C19H21NO4/c1-12-7-5-10-17(13(12)2)20-18(21)14(3)24-19(22)15-8-6-9-16(11-15)23-4/h5-11,14H,1-4H3,(H,20,21)/t14-/m1/s1. The Kier molecular flexibility index (Phi) is 5.58. The van der Waals surface area contributed by atoms with Crippen LogP contribution in [0.3, 0.4) is 0 Å². The first kappa shape index (κ1) is 17.5. The Labute approximate surface area is 141 Å². The molecule has 0 radical (unpaired) electrons. The molecule has 2 aromatic carbocycles. The van der Waals surface area contributed by atoms with Crippen molar-refractivity contribution in [3.63, 3.8) is 0 Å². The highest BCUT2D eigenvalue weighted by Gasteiger charge is 2.20. The number of rotatable bonds is 5. The van der Waals surface area contributed by atoms with E-state index in [1.807, 2.05) is 32.0 Å². The van der Waals surface area contributed by atoms with Crippen LogP contribution in [0.4, 0.5) is 5.69 Å². The minimum atomic E-state index is -0.913. The summed E-state index contributed by atoms with van der Waals surface area (Å²) in [5.74, 6) is -0.394.